The van der Waals surface area contributed by atoms with Crippen molar-refractivity contribution in [1.29, 1.82) is 0 Å². The van der Waals surface area contributed by atoms with Crippen LogP contribution >= 0.6 is 12.4 Å². The second-order valence-electron chi connectivity index (χ2n) is 8.02. The van der Waals surface area contributed by atoms with Crippen LogP contribution in [0.25, 0.3) is 0 Å². The zero-order valence-electron chi connectivity index (χ0n) is 15.2. The van der Waals surface area contributed by atoms with Crippen LogP contribution in [-0.4, -0.2) is 37.0 Å². The molecule has 1 atom stereocenters. The van der Waals surface area contributed by atoms with Crippen LogP contribution in [0.4, 0.5) is 0 Å². The number of carbonyl (C=O) groups is 2. The standard InChI is InChI=1S/C19H33N3O2.ClH/c23-18(12-14-4-1-2-5-14)21-16-9-7-15(8-10-16)19(24)22-17-6-3-11-20-13-17;/h14-17,20H,1-13H2,(H,21,23)(H,22,24);1H/t15?,16?,17-;/m0./s1. The van der Waals surface area contributed by atoms with Crippen LogP contribution in [0, 0.1) is 11.8 Å². The van der Waals surface area contributed by atoms with Gasteiger partial charge in [0.25, 0.3) is 0 Å². The minimum absolute atomic E-state index is 0. The van der Waals surface area contributed by atoms with Crippen LogP contribution in [0.3, 0.4) is 0 Å². The zero-order chi connectivity index (χ0) is 16.8. The molecule has 2 aliphatic carbocycles. The Morgan fingerprint density at radius 1 is 0.840 bits per heavy atom. The van der Waals surface area contributed by atoms with Gasteiger partial charge in [0.05, 0.1) is 0 Å². The maximum atomic E-state index is 12.4. The highest BCUT2D eigenvalue weighted by atomic mass is 35.5. The zero-order valence-corrected chi connectivity index (χ0v) is 16.0. The molecule has 3 N–H and O–H groups in total. The topological polar surface area (TPSA) is 70.2 Å². The number of amides is 2. The van der Waals surface area contributed by atoms with E-state index < -0.39 is 0 Å². The lowest BCUT2D eigenvalue weighted by Gasteiger charge is -2.31. The highest BCUT2D eigenvalue weighted by molar-refractivity contribution is 5.85. The van der Waals surface area contributed by atoms with E-state index in [0.29, 0.717) is 18.4 Å². The van der Waals surface area contributed by atoms with Crippen molar-refractivity contribution in [2.45, 2.75) is 82.7 Å². The Labute approximate surface area is 157 Å². The molecule has 3 rings (SSSR count). The number of hydrogen-bond acceptors (Lipinski definition) is 3. The summed E-state index contributed by atoms with van der Waals surface area (Å²) in [5.41, 5.74) is 0. The van der Waals surface area contributed by atoms with Gasteiger partial charge in [-0.1, -0.05) is 12.8 Å². The molecule has 2 amide bonds. The lowest BCUT2D eigenvalue weighted by molar-refractivity contribution is -0.127. The number of rotatable bonds is 5. The molecule has 0 unspecified atom stereocenters. The molecule has 1 heterocycles. The van der Waals surface area contributed by atoms with Gasteiger partial charge in [0, 0.05) is 31.0 Å². The summed E-state index contributed by atoms with van der Waals surface area (Å²) in [5, 5.41) is 9.75. The Morgan fingerprint density at radius 2 is 1.56 bits per heavy atom. The van der Waals surface area contributed by atoms with E-state index in [1.165, 1.54) is 25.7 Å². The van der Waals surface area contributed by atoms with Gasteiger partial charge in [-0.3, -0.25) is 9.59 Å². The van der Waals surface area contributed by atoms with Crippen LogP contribution in [0.2, 0.25) is 0 Å². The average molecular weight is 372 g/mol. The molecule has 0 aromatic heterocycles. The first kappa shape index (κ1) is 20.5. The monoisotopic (exact) mass is 371 g/mol. The molecule has 0 radical (unpaired) electrons. The number of halogens is 1. The molecular formula is C19H34ClN3O2. The van der Waals surface area contributed by atoms with Gasteiger partial charge in [0.2, 0.25) is 11.8 Å². The van der Waals surface area contributed by atoms with Crippen molar-refractivity contribution in [3.05, 3.63) is 0 Å². The maximum Gasteiger partial charge on any atom is 0.223 e. The van der Waals surface area contributed by atoms with Crippen molar-refractivity contribution in [1.82, 2.24) is 16.0 Å². The Balaban J connectivity index is 0.00000225. The summed E-state index contributed by atoms with van der Waals surface area (Å²) in [4.78, 5) is 24.5. The second kappa shape index (κ2) is 10.4. The molecule has 3 aliphatic rings. The summed E-state index contributed by atoms with van der Waals surface area (Å²) >= 11 is 0. The predicted molar refractivity (Wildman–Crippen MR) is 102 cm³/mol. The molecule has 0 bridgehead atoms. The van der Waals surface area contributed by atoms with Gasteiger partial charge < -0.3 is 16.0 Å². The third-order valence-electron chi connectivity index (χ3n) is 6.06. The van der Waals surface area contributed by atoms with Crippen LogP contribution < -0.4 is 16.0 Å². The first-order valence-electron chi connectivity index (χ1n) is 10.0. The van der Waals surface area contributed by atoms with Gasteiger partial charge in [-0.2, -0.15) is 0 Å². The smallest absolute Gasteiger partial charge is 0.223 e. The highest BCUT2D eigenvalue weighted by Gasteiger charge is 2.29. The molecule has 144 valence electrons. The summed E-state index contributed by atoms with van der Waals surface area (Å²) in [7, 11) is 0. The predicted octanol–water partition coefficient (Wildman–Crippen LogP) is 2.53. The van der Waals surface area contributed by atoms with Gasteiger partial charge >= 0.3 is 0 Å². The van der Waals surface area contributed by atoms with E-state index in [4.69, 9.17) is 0 Å². The quantitative estimate of drug-likeness (QED) is 0.695. The molecule has 25 heavy (non-hydrogen) atoms. The highest BCUT2D eigenvalue weighted by Crippen LogP contribution is 2.28. The van der Waals surface area contributed by atoms with Gasteiger partial charge in [0.1, 0.15) is 0 Å². The molecule has 1 aliphatic heterocycles. The Kier molecular flexibility index (Phi) is 8.50. The molecule has 1 saturated heterocycles. The third kappa shape index (κ3) is 6.45. The van der Waals surface area contributed by atoms with E-state index in [9.17, 15) is 9.59 Å². The largest absolute Gasteiger partial charge is 0.353 e. The third-order valence-corrected chi connectivity index (χ3v) is 6.06. The van der Waals surface area contributed by atoms with Crippen molar-refractivity contribution in [2.75, 3.05) is 13.1 Å². The van der Waals surface area contributed by atoms with E-state index >= 15 is 0 Å². The summed E-state index contributed by atoms with van der Waals surface area (Å²) < 4.78 is 0. The Hall–Kier alpha value is -0.810. The Bertz CT molecular complexity index is 426. The van der Waals surface area contributed by atoms with E-state index in [0.717, 1.165) is 51.6 Å². The van der Waals surface area contributed by atoms with E-state index in [2.05, 4.69) is 16.0 Å². The molecule has 0 spiro atoms. The summed E-state index contributed by atoms with van der Waals surface area (Å²) in [6, 6.07) is 0.578. The molecule has 6 heteroatoms. The molecule has 0 aromatic rings. The minimum Gasteiger partial charge on any atom is -0.353 e. The minimum atomic E-state index is 0. The first-order chi connectivity index (χ1) is 11.7. The van der Waals surface area contributed by atoms with Gasteiger partial charge in [-0.05, 0) is 63.8 Å². The molecular weight excluding hydrogens is 338 g/mol. The maximum absolute atomic E-state index is 12.4. The van der Waals surface area contributed by atoms with Crippen LogP contribution in [0.1, 0.15) is 70.6 Å². The van der Waals surface area contributed by atoms with Crippen molar-refractivity contribution in [3.8, 4) is 0 Å². The summed E-state index contributed by atoms with van der Waals surface area (Å²) in [5.74, 6) is 1.19. The number of nitrogens with one attached hydrogen (secondary N) is 3. The van der Waals surface area contributed by atoms with Crippen LogP contribution in [-0.2, 0) is 9.59 Å². The van der Waals surface area contributed by atoms with Gasteiger partial charge in [-0.15, -0.1) is 12.4 Å². The van der Waals surface area contributed by atoms with Gasteiger partial charge in [0.15, 0.2) is 0 Å². The number of carbonyl (C=O) groups excluding carboxylic acids is 2. The fourth-order valence-corrected chi connectivity index (χ4v) is 4.56. The number of hydrogen-bond donors (Lipinski definition) is 3. The lowest BCUT2D eigenvalue weighted by atomic mass is 9.85. The Morgan fingerprint density at radius 3 is 2.20 bits per heavy atom. The van der Waals surface area contributed by atoms with E-state index in [1.54, 1.807) is 0 Å². The normalized spacial score (nSPS) is 30.3. The van der Waals surface area contributed by atoms with E-state index in [1.807, 2.05) is 0 Å². The SMILES string of the molecule is Cl.O=C(CC1CCCC1)NC1CCC(C(=O)N[C@H]2CCCNC2)CC1. The molecule has 0 aromatic carbocycles. The van der Waals surface area contributed by atoms with Crippen LogP contribution in [0.5, 0.6) is 0 Å². The summed E-state index contributed by atoms with van der Waals surface area (Å²) in [6.45, 7) is 1.97. The van der Waals surface area contributed by atoms with Crippen molar-refractivity contribution in [2.24, 2.45) is 11.8 Å². The first-order valence-corrected chi connectivity index (χ1v) is 10.0. The molecule has 5 nitrogen and oxygen atoms in total. The molecule has 3 fully saturated rings. The fraction of sp³-hybridized carbons (Fsp3) is 0.895. The van der Waals surface area contributed by atoms with Crippen molar-refractivity contribution < 1.29 is 9.59 Å². The van der Waals surface area contributed by atoms with Crippen LogP contribution in [0.15, 0.2) is 0 Å². The number of piperidine rings is 1. The average Bonchev–Trinajstić information content (AvgIpc) is 3.09. The van der Waals surface area contributed by atoms with E-state index in [-0.39, 0.29) is 36.2 Å². The summed E-state index contributed by atoms with van der Waals surface area (Å²) in [6.07, 6.45) is 11.6. The fourth-order valence-electron chi connectivity index (χ4n) is 4.56. The van der Waals surface area contributed by atoms with Gasteiger partial charge in [-0.25, -0.2) is 0 Å². The van der Waals surface area contributed by atoms with Crippen molar-refractivity contribution >= 4 is 24.2 Å². The van der Waals surface area contributed by atoms with Crippen molar-refractivity contribution in [3.63, 3.8) is 0 Å². The second-order valence-corrected chi connectivity index (χ2v) is 8.02. The lowest BCUT2D eigenvalue weighted by Crippen LogP contribution is -2.48. The molecule has 2 saturated carbocycles.